The van der Waals surface area contributed by atoms with Crippen LogP contribution in [-0.4, -0.2) is 39.0 Å². The first kappa shape index (κ1) is 33.8. The van der Waals surface area contributed by atoms with Crippen molar-refractivity contribution in [3.8, 4) is 5.75 Å². The molecule has 1 aromatic carbocycles. The Morgan fingerprint density at radius 2 is 1.42 bits per heavy atom. The van der Waals surface area contributed by atoms with Crippen LogP contribution in [-0.2, 0) is 22.9 Å². The molecule has 0 aliphatic heterocycles. The second kappa shape index (κ2) is 19.8. The van der Waals surface area contributed by atoms with Crippen LogP contribution in [0.1, 0.15) is 90.4 Å². The minimum atomic E-state index is -3.51. The lowest BCUT2D eigenvalue weighted by Gasteiger charge is -2.16. The van der Waals surface area contributed by atoms with Crippen molar-refractivity contribution in [1.82, 2.24) is 0 Å². The maximum Gasteiger partial charge on any atom is 0.474 e. The fourth-order valence-electron chi connectivity index (χ4n) is 3.42. The van der Waals surface area contributed by atoms with Gasteiger partial charge in [0, 0.05) is 0 Å². The van der Waals surface area contributed by atoms with E-state index < -0.39 is 13.8 Å². The molecule has 0 saturated carbocycles. The van der Waals surface area contributed by atoms with E-state index in [1.165, 1.54) is 16.7 Å². The third kappa shape index (κ3) is 15.3. The van der Waals surface area contributed by atoms with Crippen molar-refractivity contribution < 1.29 is 32.4 Å². The van der Waals surface area contributed by atoms with Gasteiger partial charge in [-0.2, -0.15) is 0 Å². The molecule has 0 bridgehead atoms. The van der Waals surface area contributed by atoms with Crippen LogP contribution in [0.25, 0.3) is 0 Å². The van der Waals surface area contributed by atoms with Gasteiger partial charge < -0.3 is 9.47 Å². The van der Waals surface area contributed by atoms with Crippen LogP contribution in [0.15, 0.2) is 59.2 Å². The number of phosphoric ester groups is 1. The standard InChI is InChI=1S/C30H47O7P/c1-7-35-38(32,36-8-2)37-23-12-11-22-34-30(31)28-19-9-10-20-29(28)33-24-21-27(6)18-14-17-26(5)16-13-15-25(3)4/h9-10,15,17,19-21H,7-8,11-14,16,18,22-24H2,1-6H3/b26-17+,27-21+. The summed E-state index contributed by atoms with van der Waals surface area (Å²) in [7, 11) is -3.51. The Labute approximate surface area is 229 Å². The summed E-state index contributed by atoms with van der Waals surface area (Å²) in [6.45, 7) is 13.3. The number of phosphoric acid groups is 1. The van der Waals surface area contributed by atoms with Crippen LogP contribution in [0, 0.1) is 0 Å². The molecule has 0 unspecified atom stereocenters. The molecule has 0 atom stereocenters. The topological polar surface area (TPSA) is 80.3 Å². The van der Waals surface area contributed by atoms with Crippen LogP contribution in [0.5, 0.6) is 5.75 Å². The van der Waals surface area contributed by atoms with Gasteiger partial charge in [-0.3, -0.25) is 13.6 Å². The number of esters is 1. The normalized spacial score (nSPS) is 12.4. The number of unbranched alkanes of at least 4 members (excludes halogenated alkanes) is 1. The molecule has 7 nitrogen and oxygen atoms in total. The van der Waals surface area contributed by atoms with Gasteiger partial charge in [-0.05, 0) is 98.3 Å². The van der Waals surface area contributed by atoms with Gasteiger partial charge in [0.2, 0.25) is 0 Å². The third-order valence-electron chi connectivity index (χ3n) is 5.50. The Bertz CT molecular complexity index is 951. The molecule has 1 rings (SSSR count). The van der Waals surface area contributed by atoms with Crippen LogP contribution >= 0.6 is 7.82 Å². The molecule has 1 aromatic rings. The van der Waals surface area contributed by atoms with Gasteiger partial charge >= 0.3 is 13.8 Å². The number of benzene rings is 1. The number of allylic oxidation sites excluding steroid dienone is 5. The highest BCUT2D eigenvalue weighted by atomic mass is 31.2. The van der Waals surface area contributed by atoms with Crippen molar-refractivity contribution >= 4 is 13.8 Å². The van der Waals surface area contributed by atoms with E-state index in [0.717, 1.165) is 25.7 Å². The lowest BCUT2D eigenvalue weighted by molar-refractivity contribution is 0.0483. The molecule has 0 saturated heterocycles. The molecule has 0 aliphatic rings. The maximum atomic E-state index is 12.6. The zero-order valence-corrected chi connectivity index (χ0v) is 25.0. The van der Waals surface area contributed by atoms with E-state index in [0.29, 0.717) is 30.8 Å². The zero-order valence-electron chi connectivity index (χ0n) is 24.1. The van der Waals surface area contributed by atoms with Gasteiger partial charge in [0.1, 0.15) is 17.9 Å². The molecule has 38 heavy (non-hydrogen) atoms. The van der Waals surface area contributed by atoms with E-state index >= 15 is 0 Å². The lowest BCUT2D eigenvalue weighted by Crippen LogP contribution is -2.10. The van der Waals surface area contributed by atoms with Gasteiger partial charge in [-0.1, -0.05) is 41.0 Å². The molecular formula is C30H47O7P. The zero-order chi connectivity index (χ0) is 28.2. The maximum absolute atomic E-state index is 12.6. The molecule has 0 heterocycles. The number of carbonyl (C=O) groups excluding carboxylic acids is 1. The van der Waals surface area contributed by atoms with Crippen molar-refractivity contribution in [3.63, 3.8) is 0 Å². The summed E-state index contributed by atoms with van der Waals surface area (Å²) >= 11 is 0. The predicted octanol–water partition coefficient (Wildman–Crippen LogP) is 8.62. The summed E-state index contributed by atoms with van der Waals surface area (Å²) in [5, 5.41) is 0. The van der Waals surface area contributed by atoms with Crippen molar-refractivity contribution in [2.45, 2.75) is 80.1 Å². The molecule has 8 heteroatoms. The lowest BCUT2D eigenvalue weighted by atomic mass is 10.1. The average Bonchev–Trinajstić information content (AvgIpc) is 2.86. The minimum absolute atomic E-state index is 0.186. The van der Waals surface area contributed by atoms with E-state index in [9.17, 15) is 9.36 Å². The fraction of sp³-hybridized carbons (Fsp3) is 0.567. The number of hydrogen-bond donors (Lipinski definition) is 0. The largest absolute Gasteiger partial charge is 0.489 e. The summed E-state index contributed by atoms with van der Waals surface area (Å²) in [4.78, 5) is 12.6. The van der Waals surface area contributed by atoms with Gasteiger partial charge in [-0.25, -0.2) is 9.36 Å². The molecule has 0 spiro atoms. The highest BCUT2D eigenvalue weighted by molar-refractivity contribution is 7.48. The van der Waals surface area contributed by atoms with Gasteiger partial charge in [0.15, 0.2) is 0 Å². The van der Waals surface area contributed by atoms with Crippen molar-refractivity contribution in [2.75, 3.05) is 33.0 Å². The van der Waals surface area contributed by atoms with E-state index in [1.807, 2.05) is 6.07 Å². The first-order valence-electron chi connectivity index (χ1n) is 13.6. The van der Waals surface area contributed by atoms with Crippen LogP contribution in [0.4, 0.5) is 0 Å². The molecular weight excluding hydrogens is 503 g/mol. The first-order chi connectivity index (χ1) is 18.2. The molecule has 0 aliphatic carbocycles. The quantitative estimate of drug-likeness (QED) is 0.0696. The third-order valence-corrected chi connectivity index (χ3v) is 7.14. The Balaban J connectivity index is 2.42. The number of ether oxygens (including phenoxy) is 2. The van der Waals surface area contributed by atoms with Crippen LogP contribution in [0.3, 0.4) is 0 Å². The monoisotopic (exact) mass is 550 g/mol. The van der Waals surface area contributed by atoms with Crippen molar-refractivity contribution in [1.29, 1.82) is 0 Å². The number of para-hydroxylation sites is 1. The SMILES string of the molecule is CCOP(=O)(OCC)OCCCCOC(=O)c1ccccc1OC/C=C(\C)CC/C=C(\C)CCC=C(C)C. The average molecular weight is 551 g/mol. The molecule has 214 valence electrons. The van der Waals surface area contributed by atoms with E-state index in [-0.39, 0.29) is 26.4 Å². The Morgan fingerprint density at radius 1 is 0.816 bits per heavy atom. The van der Waals surface area contributed by atoms with Crippen molar-refractivity contribution in [2.24, 2.45) is 0 Å². The highest BCUT2D eigenvalue weighted by Gasteiger charge is 2.24. The smallest absolute Gasteiger partial charge is 0.474 e. The number of rotatable bonds is 20. The highest BCUT2D eigenvalue weighted by Crippen LogP contribution is 2.49. The molecule has 0 radical (unpaired) electrons. The second-order valence-electron chi connectivity index (χ2n) is 9.23. The first-order valence-corrected chi connectivity index (χ1v) is 15.0. The summed E-state index contributed by atoms with van der Waals surface area (Å²) in [6.07, 6.45) is 11.9. The Hall–Kier alpha value is -2.18. The molecule has 0 aromatic heterocycles. The van der Waals surface area contributed by atoms with Crippen LogP contribution < -0.4 is 4.74 Å². The van der Waals surface area contributed by atoms with E-state index in [1.54, 1.807) is 32.0 Å². The minimum Gasteiger partial charge on any atom is -0.489 e. The van der Waals surface area contributed by atoms with Crippen molar-refractivity contribution in [3.05, 3.63) is 64.8 Å². The second-order valence-corrected chi connectivity index (χ2v) is 10.9. The Kier molecular flexibility index (Phi) is 17.7. The van der Waals surface area contributed by atoms with Gasteiger partial charge in [-0.15, -0.1) is 0 Å². The van der Waals surface area contributed by atoms with E-state index in [2.05, 4.69) is 45.9 Å². The number of hydrogen-bond acceptors (Lipinski definition) is 7. The number of carbonyl (C=O) groups is 1. The summed E-state index contributed by atoms with van der Waals surface area (Å²) in [5.41, 5.74) is 4.42. The summed E-state index contributed by atoms with van der Waals surface area (Å²) in [5.74, 6) is 0.0551. The summed E-state index contributed by atoms with van der Waals surface area (Å²) in [6, 6.07) is 7.08. The van der Waals surface area contributed by atoms with Gasteiger partial charge in [0.05, 0.1) is 26.4 Å². The van der Waals surface area contributed by atoms with Crippen LogP contribution in [0.2, 0.25) is 0 Å². The molecule has 0 N–H and O–H groups in total. The van der Waals surface area contributed by atoms with Gasteiger partial charge in [0.25, 0.3) is 0 Å². The fourth-order valence-corrected chi connectivity index (χ4v) is 4.63. The predicted molar refractivity (Wildman–Crippen MR) is 154 cm³/mol. The Morgan fingerprint density at radius 3 is 2.08 bits per heavy atom. The molecule has 0 fully saturated rings. The summed E-state index contributed by atoms with van der Waals surface area (Å²) < 4.78 is 39.0. The molecule has 0 amide bonds. The van der Waals surface area contributed by atoms with E-state index in [4.69, 9.17) is 23.0 Å².